The van der Waals surface area contributed by atoms with Gasteiger partial charge in [0.15, 0.2) is 0 Å². The molecule has 0 aromatic carbocycles. The van der Waals surface area contributed by atoms with E-state index in [1.165, 1.54) is 12.3 Å². The number of halogens is 3. The number of nitrogens with one attached hydrogen (secondary N) is 3. The highest BCUT2D eigenvalue weighted by Crippen LogP contribution is 2.36. The first-order valence-corrected chi connectivity index (χ1v) is 8.66. The SMILES string of the molecule is CCOC(=O)c1cc(-c2nc(NC3CCCNC3)ncc2C(F)(F)F)c[nH]1. The van der Waals surface area contributed by atoms with E-state index in [9.17, 15) is 18.0 Å². The lowest BCUT2D eigenvalue weighted by Crippen LogP contribution is -2.38. The predicted octanol–water partition coefficient (Wildman–Crippen LogP) is 2.83. The van der Waals surface area contributed by atoms with Gasteiger partial charge in [0, 0.05) is 30.5 Å². The Kier molecular flexibility index (Phi) is 5.64. The van der Waals surface area contributed by atoms with E-state index < -0.39 is 17.7 Å². The van der Waals surface area contributed by atoms with Crippen molar-refractivity contribution in [2.75, 3.05) is 25.0 Å². The quantitative estimate of drug-likeness (QED) is 0.688. The molecular formula is C17H20F3N5O2. The summed E-state index contributed by atoms with van der Waals surface area (Å²) in [6.07, 6.45) is -0.717. The minimum absolute atomic E-state index is 0.0460. The maximum absolute atomic E-state index is 13.4. The molecule has 2 aromatic rings. The Labute approximate surface area is 153 Å². The fourth-order valence-corrected chi connectivity index (χ4v) is 2.89. The van der Waals surface area contributed by atoms with Crippen molar-refractivity contribution in [2.24, 2.45) is 0 Å². The third kappa shape index (κ3) is 4.57. The monoisotopic (exact) mass is 383 g/mol. The summed E-state index contributed by atoms with van der Waals surface area (Å²) in [5.74, 6) is -0.524. The zero-order valence-electron chi connectivity index (χ0n) is 14.7. The minimum Gasteiger partial charge on any atom is -0.461 e. The number of anilines is 1. The van der Waals surface area contributed by atoms with Crippen LogP contribution in [0.15, 0.2) is 18.5 Å². The summed E-state index contributed by atoms with van der Waals surface area (Å²) in [4.78, 5) is 22.3. The predicted molar refractivity (Wildman–Crippen MR) is 92.3 cm³/mol. The van der Waals surface area contributed by atoms with Crippen LogP contribution in [0.25, 0.3) is 11.3 Å². The summed E-state index contributed by atoms with van der Waals surface area (Å²) in [7, 11) is 0. The van der Waals surface area contributed by atoms with E-state index in [1.54, 1.807) is 6.92 Å². The van der Waals surface area contributed by atoms with Crippen LogP contribution in [0.5, 0.6) is 0 Å². The van der Waals surface area contributed by atoms with Crippen LogP contribution in [0.1, 0.15) is 35.8 Å². The van der Waals surface area contributed by atoms with Crippen LogP contribution in [0, 0.1) is 0 Å². The average molecular weight is 383 g/mol. The number of esters is 1. The molecule has 1 aliphatic heterocycles. The number of piperidine rings is 1. The summed E-state index contributed by atoms with van der Waals surface area (Å²) < 4.78 is 45.0. The molecule has 0 amide bonds. The molecule has 10 heteroatoms. The van der Waals surface area contributed by atoms with Gasteiger partial charge in [-0.2, -0.15) is 13.2 Å². The van der Waals surface area contributed by atoms with E-state index in [0.717, 1.165) is 25.6 Å². The van der Waals surface area contributed by atoms with Crippen molar-refractivity contribution in [3.8, 4) is 11.3 Å². The van der Waals surface area contributed by atoms with Crippen LogP contribution in [0.4, 0.5) is 19.1 Å². The number of H-pyrrole nitrogens is 1. The highest BCUT2D eigenvalue weighted by Gasteiger charge is 2.36. The molecule has 146 valence electrons. The van der Waals surface area contributed by atoms with Crippen molar-refractivity contribution in [2.45, 2.75) is 32.0 Å². The maximum atomic E-state index is 13.4. The molecule has 1 atom stereocenters. The summed E-state index contributed by atoms with van der Waals surface area (Å²) in [5, 5.41) is 6.28. The van der Waals surface area contributed by atoms with Crippen LogP contribution in [-0.4, -0.2) is 46.7 Å². The highest BCUT2D eigenvalue weighted by atomic mass is 19.4. The van der Waals surface area contributed by atoms with Crippen molar-refractivity contribution < 1.29 is 22.7 Å². The molecule has 3 heterocycles. The van der Waals surface area contributed by atoms with Gasteiger partial charge >= 0.3 is 12.1 Å². The van der Waals surface area contributed by atoms with Crippen molar-refractivity contribution in [3.05, 3.63) is 29.7 Å². The van der Waals surface area contributed by atoms with Gasteiger partial charge in [-0.25, -0.2) is 14.8 Å². The van der Waals surface area contributed by atoms with E-state index in [2.05, 4.69) is 25.6 Å². The fraction of sp³-hybridized carbons (Fsp3) is 0.471. The van der Waals surface area contributed by atoms with Crippen molar-refractivity contribution in [1.82, 2.24) is 20.3 Å². The number of alkyl halides is 3. The molecule has 2 aromatic heterocycles. The van der Waals surface area contributed by atoms with E-state index in [4.69, 9.17) is 4.74 Å². The number of carbonyl (C=O) groups is 1. The van der Waals surface area contributed by atoms with Crippen LogP contribution in [0.3, 0.4) is 0 Å². The number of nitrogens with zero attached hydrogens (tertiary/aromatic N) is 2. The lowest BCUT2D eigenvalue weighted by atomic mass is 10.1. The van der Waals surface area contributed by atoms with Gasteiger partial charge in [0.1, 0.15) is 11.3 Å². The number of hydrogen-bond acceptors (Lipinski definition) is 6. The smallest absolute Gasteiger partial charge is 0.419 e. The average Bonchev–Trinajstić information content (AvgIpc) is 3.12. The van der Waals surface area contributed by atoms with E-state index in [0.29, 0.717) is 6.54 Å². The van der Waals surface area contributed by atoms with Gasteiger partial charge in [-0.05, 0) is 32.4 Å². The van der Waals surface area contributed by atoms with Crippen molar-refractivity contribution in [1.29, 1.82) is 0 Å². The first kappa shape index (κ1) is 19.2. The van der Waals surface area contributed by atoms with E-state index >= 15 is 0 Å². The molecule has 27 heavy (non-hydrogen) atoms. The lowest BCUT2D eigenvalue weighted by Gasteiger charge is -2.24. The molecular weight excluding hydrogens is 363 g/mol. The summed E-state index contributed by atoms with van der Waals surface area (Å²) in [6.45, 7) is 3.41. The highest BCUT2D eigenvalue weighted by molar-refractivity contribution is 5.89. The zero-order chi connectivity index (χ0) is 19.4. The standard InChI is InChI=1S/C17H20F3N5O2/c1-2-27-15(26)13-6-10(7-22-13)14-12(17(18,19)20)9-23-16(25-14)24-11-4-3-5-21-8-11/h6-7,9,11,21-22H,2-5,8H2,1H3,(H,23,24,25). The Balaban J connectivity index is 1.93. The van der Waals surface area contributed by atoms with Gasteiger partial charge in [0.25, 0.3) is 0 Å². The summed E-state index contributed by atoms with van der Waals surface area (Å²) in [5.41, 5.74) is -1.07. The second-order valence-corrected chi connectivity index (χ2v) is 6.16. The molecule has 0 aliphatic carbocycles. The number of aromatic nitrogens is 3. The Bertz CT molecular complexity index is 800. The molecule has 1 saturated heterocycles. The fourth-order valence-electron chi connectivity index (χ4n) is 2.89. The van der Waals surface area contributed by atoms with Crippen molar-refractivity contribution >= 4 is 11.9 Å². The van der Waals surface area contributed by atoms with Gasteiger partial charge < -0.3 is 20.4 Å². The van der Waals surface area contributed by atoms with Gasteiger partial charge in [-0.1, -0.05) is 0 Å². The largest absolute Gasteiger partial charge is 0.461 e. The number of hydrogen-bond donors (Lipinski definition) is 3. The molecule has 3 rings (SSSR count). The number of ether oxygens (including phenoxy) is 1. The molecule has 0 saturated carbocycles. The first-order valence-electron chi connectivity index (χ1n) is 8.66. The summed E-state index contributed by atoms with van der Waals surface area (Å²) >= 11 is 0. The molecule has 1 unspecified atom stereocenters. The Morgan fingerprint density at radius 1 is 1.44 bits per heavy atom. The van der Waals surface area contributed by atoms with Gasteiger partial charge in [-0.3, -0.25) is 0 Å². The van der Waals surface area contributed by atoms with Gasteiger partial charge in [-0.15, -0.1) is 0 Å². The Morgan fingerprint density at radius 2 is 2.26 bits per heavy atom. The first-order chi connectivity index (χ1) is 12.9. The Hall–Kier alpha value is -2.62. The number of carbonyl (C=O) groups excluding carboxylic acids is 1. The third-order valence-corrected chi connectivity index (χ3v) is 4.18. The minimum atomic E-state index is -4.62. The second-order valence-electron chi connectivity index (χ2n) is 6.16. The zero-order valence-corrected chi connectivity index (χ0v) is 14.7. The van der Waals surface area contributed by atoms with Gasteiger partial charge in [0.05, 0.1) is 12.3 Å². The van der Waals surface area contributed by atoms with E-state index in [1.807, 2.05) is 0 Å². The molecule has 1 aliphatic rings. The lowest BCUT2D eigenvalue weighted by molar-refractivity contribution is -0.137. The topological polar surface area (TPSA) is 91.9 Å². The Morgan fingerprint density at radius 3 is 2.93 bits per heavy atom. The van der Waals surface area contributed by atoms with Crippen LogP contribution < -0.4 is 10.6 Å². The molecule has 0 spiro atoms. The molecule has 0 radical (unpaired) electrons. The molecule has 7 nitrogen and oxygen atoms in total. The number of aromatic amines is 1. The van der Waals surface area contributed by atoms with Gasteiger partial charge in [0.2, 0.25) is 5.95 Å². The van der Waals surface area contributed by atoms with Crippen LogP contribution >= 0.6 is 0 Å². The van der Waals surface area contributed by atoms with Crippen molar-refractivity contribution in [3.63, 3.8) is 0 Å². The second kappa shape index (κ2) is 7.95. The summed E-state index contributed by atoms with van der Waals surface area (Å²) in [6, 6.07) is 1.34. The molecule has 1 fully saturated rings. The molecule has 3 N–H and O–H groups in total. The van der Waals surface area contributed by atoms with E-state index in [-0.39, 0.29) is 35.5 Å². The van der Waals surface area contributed by atoms with Crippen LogP contribution in [-0.2, 0) is 10.9 Å². The maximum Gasteiger partial charge on any atom is 0.419 e. The normalized spacial score (nSPS) is 17.6. The molecule has 0 bridgehead atoms. The number of rotatable bonds is 5. The third-order valence-electron chi connectivity index (χ3n) is 4.18. The van der Waals surface area contributed by atoms with Crippen LogP contribution in [0.2, 0.25) is 0 Å².